The van der Waals surface area contributed by atoms with E-state index in [-0.39, 0.29) is 5.56 Å². The lowest BCUT2D eigenvalue weighted by Gasteiger charge is -2.04. The molecule has 4 heteroatoms. The summed E-state index contributed by atoms with van der Waals surface area (Å²) in [6, 6.07) is 7.85. The topological polar surface area (TPSA) is 23.8 Å². The standard InChI is InChI=1S/C10H5F2NS/c11-10(12,6-13)8-5-14-9-4-2-1-3-7(8)9/h1-5H. The third kappa shape index (κ3) is 1.26. The van der Waals surface area contributed by atoms with Crippen molar-refractivity contribution in [1.82, 2.24) is 0 Å². The van der Waals surface area contributed by atoms with Crippen molar-refractivity contribution in [1.29, 1.82) is 5.26 Å². The first-order chi connectivity index (χ1) is 6.65. The Morgan fingerprint density at radius 3 is 2.71 bits per heavy atom. The minimum Gasteiger partial charge on any atom is -0.191 e. The second-order valence-electron chi connectivity index (χ2n) is 2.83. The van der Waals surface area contributed by atoms with Gasteiger partial charge in [0.1, 0.15) is 6.07 Å². The molecule has 2 rings (SSSR count). The van der Waals surface area contributed by atoms with E-state index in [2.05, 4.69) is 0 Å². The monoisotopic (exact) mass is 209 g/mol. The highest BCUT2D eigenvalue weighted by molar-refractivity contribution is 7.17. The van der Waals surface area contributed by atoms with Crippen molar-refractivity contribution in [2.45, 2.75) is 5.92 Å². The first-order valence-corrected chi connectivity index (χ1v) is 4.79. The molecule has 0 atom stereocenters. The van der Waals surface area contributed by atoms with E-state index in [0.29, 0.717) is 5.39 Å². The molecule has 0 radical (unpaired) electrons. The van der Waals surface area contributed by atoms with Crippen molar-refractivity contribution in [3.05, 3.63) is 35.2 Å². The molecular formula is C10H5F2NS. The maximum Gasteiger partial charge on any atom is 0.358 e. The molecule has 1 heterocycles. The molecule has 0 aliphatic rings. The summed E-state index contributed by atoms with van der Waals surface area (Å²) in [6.45, 7) is 0. The van der Waals surface area contributed by atoms with E-state index >= 15 is 0 Å². The van der Waals surface area contributed by atoms with Gasteiger partial charge in [-0.3, -0.25) is 0 Å². The largest absolute Gasteiger partial charge is 0.358 e. The van der Waals surface area contributed by atoms with Crippen LogP contribution in [0, 0.1) is 11.3 Å². The summed E-state index contributed by atoms with van der Waals surface area (Å²) in [5.74, 6) is -3.39. The average Bonchev–Trinajstić information content (AvgIpc) is 2.61. The molecule has 0 amide bonds. The van der Waals surface area contributed by atoms with Crippen molar-refractivity contribution in [3.63, 3.8) is 0 Å². The van der Waals surface area contributed by atoms with Gasteiger partial charge >= 0.3 is 5.92 Å². The van der Waals surface area contributed by atoms with Crippen LogP contribution in [0.5, 0.6) is 0 Å². The van der Waals surface area contributed by atoms with Crippen molar-refractivity contribution < 1.29 is 8.78 Å². The summed E-state index contributed by atoms with van der Waals surface area (Å²) in [7, 11) is 0. The first-order valence-electron chi connectivity index (χ1n) is 3.91. The van der Waals surface area contributed by atoms with Gasteiger partial charge in [-0.2, -0.15) is 14.0 Å². The quantitative estimate of drug-likeness (QED) is 0.705. The summed E-state index contributed by atoms with van der Waals surface area (Å²) in [5.41, 5.74) is -0.194. The Morgan fingerprint density at radius 2 is 2.00 bits per heavy atom. The molecule has 0 bridgehead atoms. The van der Waals surface area contributed by atoms with E-state index in [1.807, 2.05) is 0 Å². The Kier molecular flexibility index (Phi) is 1.97. The lowest BCUT2D eigenvalue weighted by molar-refractivity contribution is 0.0634. The van der Waals surface area contributed by atoms with Crippen LogP contribution in [0.25, 0.3) is 10.1 Å². The van der Waals surface area contributed by atoms with Crippen LogP contribution in [0.15, 0.2) is 29.6 Å². The fourth-order valence-electron chi connectivity index (χ4n) is 1.28. The summed E-state index contributed by atoms with van der Waals surface area (Å²) in [4.78, 5) is 0. The van der Waals surface area contributed by atoms with Crippen LogP contribution >= 0.6 is 11.3 Å². The number of benzene rings is 1. The number of halogens is 2. The predicted molar refractivity (Wildman–Crippen MR) is 51.3 cm³/mol. The van der Waals surface area contributed by atoms with E-state index in [9.17, 15) is 8.78 Å². The van der Waals surface area contributed by atoms with E-state index in [1.54, 1.807) is 24.3 Å². The van der Waals surface area contributed by atoms with E-state index < -0.39 is 5.92 Å². The lowest BCUT2D eigenvalue weighted by atomic mass is 10.1. The van der Waals surface area contributed by atoms with Gasteiger partial charge in [0.05, 0.1) is 5.56 Å². The summed E-state index contributed by atoms with van der Waals surface area (Å²) in [5, 5.41) is 10.1. The molecule has 0 unspecified atom stereocenters. The minimum atomic E-state index is -3.39. The van der Waals surface area contributed by atoms with Crippen molar-refractivity contribution in [3.8, 4) is 6.07 Å². The molecule has 1 aromatic carbocycles. The Morgan fingerprint density at radius 1 is 1.29 bits per heavy atom. The van der Waals surface area contributed by atoms with Crippen LogP contribution in [0.1, 0.15) is 5.56 Å². The second kappa shape index (κ2) is 3.03. The number of thiophene rings is 1. The van der Waals surface area contributed by atoms with Gasteiger partial charge < -0.3 is 0 Å². The molecule has 2 aromatic rings. The molecule has 0 fully saturated rings. The van der Waals surface area contributed by atoms with Crippen molar-refractivity contribution in [2.24, 2.45) is 0 Å². The van der Waals surface area contributed by atoms with Gasteiger partial charge in [-0.15, -0.1) is 11.3 Å². The van der Waals surface area contributed by atoms with Crippen molar-refractivity contribution >= 4 is 21.4 Å². The van der Waals surface area contributed by atoms with Crippen LogP contribution in [-0.4, -0.2) is 0 Å². The molecular weight excluding hydrogens is 204 g/mol. The Bertz CT molecular complexity index is 510. The van der Waals surface area contributed by atoms with Crippen LogP contribution in [0.4, 0.5) is 8.78 Å². The number of rotatable bonds is 1. The molecule has 1 aromatic heterocycles. The maximum atomic E-state index is 13.1. The fourth-order valence-corrected chi connectivity index (χ4v) is 2.26. The minimum absolute atomic E-state index is 0.194. The summed E-state index contributed by atoms with van der Waals surface area (Å²) >= 11 is 1.23. The molecule has 0 N–H and O–H groups in total. The van der Waals surface area contributed by atoms with Gasteiger partial charge in [-0.1, -0.05) is 18.2 Å². The van der Waals surface area contributed by atoms with Crippen LogP contribution < -0.4 is 0 Å². The zero-order chi connectivity index (χ0) is 10.2. The molecule has 0 aliphatic carbocycles. The first kappa shape index (κ1) is 9.10. The molecule has 0 saturated heterocycles. The third-order valence-electron chi connectivity index (χ3n) is 1.96. The summed E-state index contributed by atoms with van der Waals surface area (Å²) < 4.78 is 27.0. The second-order valence-corrected chi connectivity index (χ2v) is 3.74. The average molecular weight is 209 g/mol. The fraction of sp³-hybridized carbons (Fsp3) is 0.100. The van der Waals surface area contributed by atoms with Gasteiger partial charge in [0.25, 0.3) is 0 Å². The lowest BCUT2D eigenvalue weighted by Crippen LogP contribution is -2.08. The van der Waals surface area contributed by atoms with Crippen LogP contribution in [0.2, 0.25) is 0 Å². The zero-order valence-electron chi connectivity index (χ0n) is 7.00. The van der Waals surface area contributed by atoms with E-state index in [4.69, 9.17) is 5.26 Å². The van der Waals surface area contributed by atoms with Gasteiger partial charge in [0.15, 0.2) is 0 Å². The molecule has 14 heavy (non-hydrogen) atoms. The number of hydrogen-bond acceptors (Lipinski definition) is 2. The molecule has 0 aliphatic heterocycles. The Labute approximate surface area is 83.2 Å². The SMILES string of the molecule is N#CC(F)(F)c1csc2ccccc12. The molecule has 0 saturated carbocycles. The van der Waals surface area contributed by atoms with Crippen LogP contribution in [0.3, 0.4) is 0 Å². The highest BCUT2D eigenvalue weighted by Crippen LogP contribution is 2.36. The zero-order valence-corrected chi connectivity index (χ0v) is 7.81. The number of alkyl halides is 2. The van der Waals surface area contributed by atoms with Gasteiger partial charge in [0.2, 0.25) is 0 Å². The molecule has 0 spiro atoms. The predicted octanol–water partition coefficient (Wildman–Crippen LogP) is 3.52. The summed E-state index contributed by atoms with van der Waals surface area (Å²) in [6.07, 6.45) is 0. The highest BCUT2D eigenvalue weighted by atomic mass is 32.1. The Balaban J connectivity index is 2.72. The normalized spacial score (nSPS) is 11.5. The number of fused-ring (bicyclic) bond motifs is 1. The van der Waals surface area contributed by atoms with Gasteiger partial charge in [0, 0.05) is 15.5 Å². The number of hydrogen-bond donors (Lipinski definition) is 0. The van der Waals surface area contributed by atoms with Crippen molar-refractivity contribution in [2.75, 3.05) is 0 Å². The maximum absolute atomic E-state index is 13.1. The Hall–Kier alpha value is -1.47. The highest BCUT2D eigenvalue weighted by Gasteiger charge is 2.33. The third-order valence-corrected chi connectivity index (χ3v) is 2.92. The van der Waals surface area contributed by atoms with Crippen LogP contribution in [-0.2, 0) is 5.92 Å². The number of nitrogens with zero attached hydrogens (tertiary/aromatic N) is 1. The molecule has 1 nitrogen and oxygen atoms in total. The number of nitriles is 1. The smallest absolute Gasteiger partial charge is 0.191 e. The van der Waals surface area contributed by atoms with Gasteiger partial charge in [-0.05, 0) is 6.07 Å². The van der Waals surface area contributed by atoms with E-state index in [0.717, 1.165) is 10.8 Å². The molecule has 70 valence electrons. The van der Waals surface area contributed by atoms with Gasteiger partial charge in [-0.25, -0.2) is 0 Å². The van der Waals surface area contributed by atoms with E-state index in [1.165, 1.54) is 16.7 Å².